The summed E-state index contributed by atoms with van der Waals surface area (Å²) in [5, 5.41) is 11.6. The molecule has 0 aliphatic carbocycles. The third-order valence-corrected chi connectivity index (χ3v) is 3.86. The van der Waals surface area contributed by atoms with Crippen LogP contribution in [0.25, 0.3) is 0 Å². The number of hydrogen-bond acceptors (Lipinski definition) is 4. The maximum Gasteiger partial charge on any atom is 0.371 e. The first-order valence-corrected chi connectivity index (χ1v) is 7.27. The van der Waals surface area contributed by atoms with Crippen molar-refractivity contribution in [1.29, 1.82) is 0 Å². The zero-order chi connectivity index (χ0) is 15.4. The van der Waals surface area contributed by atoms with Gasteiger partial charge in [0.25, 0.3) is 0 Å². The van der Waals surface area contributed by atoms with E-state index in [2.05, 4.69) is 5.32 Å². The van der Waals surface area contributed by atoms with E-state index in [1.807, 2.05) is 24.3 Å². The van der Waals surface area contributed by atoms with Gasteiger partial charge in [0.1, 0.15) is 5.76 Å². The topological polar surface area (TPSA) is 79.5 Å². The van der Waals surface area contributed by atoms with Gasteiger partial charge in [0, 0.05) is 28.8 Å². The molecule has 1 aromatic heterocycles. The molecule has 0 spiro atoms. The lowest BCUT2D eigenvalue weighted by Gasteiger charge is -2.04. The van der Waals surface area contributed by atoms with E-state index < -0.39 is 5.97 Å². The number of aromatic carboxylic acids is 1. The van der Waals surface area contributed by atoms with Crippen LogP contribution in [0.4, 0.5) is 5.69 Å². The van der Waals surface area contributed by atoms with Crippen molar-refractivity contribution >= 4 is 29.3 Å². The van der Waals surface area contributed by atoms with E-state index in [0.717, 1.165) is 16.1 Å². The van der Waals surface area contributed by atoms with Crippen molar-refractivity contribution in [2.75, 3.05) is 5.32 Å². The molecular formula is C15H15NO4S. The highest BCUT2D eigenvalue weighted by Gasteiger charge is 2.13. The number of rotatable bonds is 5. The van der Waals surface area contributed by atoms with Gasteiger partial charge in [-0.3, -0.25) is 4.79 Å². The Morgan fingerprint density at radius 2 is 1.95 bits per heavy atom. The Balaban J connectivity index is 1.99. The number of benzene rings is 1. The van der Waals surface area contributed by atoms with Crippen molar-refractivity contribution in [2.24, 2.45) is 0 Å². The molecule has 0 saturated carbocycles. The highest BCUT2D eigenvalue weighted by Crippen LogP contribution is 2.27. The molecule has 0 aliphatic heterocycles. The number of carboxylic acids is 1. The minimum Gasteiger partial charge on any atom is -0.475 e. The lowest BCUT2D eigenvalue weighted by Crippen LogP contribution is -2.05. The van der Waals surface area contributed by atoms with Gasteiger partial charge in [-0.25, -0.2) is 4.79 Å². The predicted molar refractivity (Wildman–Crippen MR) is 80.7 cm³/mol. The fourth-order valence-electron chi connectivity index (χ4n) is 1.77. The fraction of sp³-hybridized carbons (Fsp3) is 0.200. The van der Waals surface area contributed by atoms with Gasteiger partial charge in [-0.15, -0.1) is 11.8 Å². The highest BCUT2D eigenvalue weighted by atomic mass is 32.2. The van der Waals surface area contributed by atoms with Gasteiger partial charge in [-0.1, -0.05) is 0 Å². The van der Waals surface area contributed by atoms with Crippen molar-refractivity contribution in [3.8, 4) is 0 Å². The molecule has 0 fully saturated rings. The zero-order valence-electron chi connectivity index (χ0n) is 11.7. The van der Waals surface area contributed by atoms with Crippen molar-refractivity contribution in [2.45, 2.75) is 24.5 Å². The van der Waals surface area contributed by atoms with Crippen LogP contribution in [0.15, 0.2) is 39.6 Å². The molecule has 1 amide bonds. The van der Waals surface area contributed by atoms with Gasteiger partial charge in [-0.2, -0.15) is 0 Å². The molecule has 5 nitrogen and oxygen atoms in total. The maximum absolute atomic E-state index is 10.9. The zero-order valence-corrected chi connectivity index (χ0v) is 12.5. The second-order valence-corrected chi connectivity index (χ2v) is 5.54. The van der Waals surface area contributed by atoms with Gasteiger partial charge in [0.15, 0.2) is 0 Å². The first kappa shape index (κ1) is 15.2. The number of carbonyl (C=O) groups excluding carboxylic acids is 1. The number of carbonyl (C=O) groups is 2. The smallest absolute Gasteiger partial charge is 0.371 e. The number of furan rings is 1. The quantitative estimate of drug-likeness (QED) is 0.826. The first-order valence-electron chi connectivity index (χ1n) is 6.29. The van der Waals surface area contributed by atoms with Crippen molar-refractivity contribution in [3.63, 3.8) is 0 Å². The van der Waals surface area contributed by atoms with E-state index in [1.165, 1.54) is 6.92 Å². The number of aryl methyl sites for hydroxylation is 1. The molecule has 110 valence electrons. The van der Waals surface area contributed by atoms with E-state index in [-0.39, 0.29) is 11.7 Å². The van der Waals surface area contributed by atoms with Gasteiger partial charge in [-0.05, 0) is 37.3 Å². The van der Waals surface area contributed by atoms with Crippen LogP contribution in [0, 0.1) is 6.92 Å². The van der Waals surface area contributed by atoms with Crippen LogP contribution in [0.3, 0.4) is 0 Å². The molecule has 2 rings (SSSR count). The third-order valence-electron chi connectivity index (χ3n) is 2.80. The summed E-state index contributed by atoms with van der Waals surface area (Å²) < 4.78 is 5.17. The lowest BCUT2D eigenvalue weighted by atomic mass is 10.3. The summed E-state index contributed by atoms with van der Waals surface area (Å²) in [5.41, 5.74) is 1.61. The Kier molecular flexibility index (Phi) is 4.70. The predicted octanol–water partition coefficient (Wildman–Crippen LogP) is 3.54. The maximum atomic E-state index is 10.9. The number of amides is 1. The first-order chi connectivity index (χ1) is 9.95. The molecule has 21 heavy (non-hydrogen) atoms. The number of thioether (sulfide) groups is 1. The summed E-state index contributed by atoms with van der Waals surface area (Å²) in [6, 6.07) is 9.02. The monoisotopic (exact) mass is 305 g/mol. The Labute approximate surface area is 126 Å². The molecular weight excluding hydrogens is 290 g/mol. The van der Waals surface area contributed by atoms with Crippen LogP contribution in [0.1, 0.15) is 28.8 Å². The average molecular weight is 305 g/mol. The summed E-state index contributed by atoms with van der Waals surface area (Å²) in [5.74, 6) is 0.0424. The molecule has 2 aromatic rings. The van der Waals surface area contributed by atoms with Gasteiger partial charge in [0.2, 0.25) is 11.7 Å². The highest BCUT2D eigenvalue weighted by molar-refractivity contribution is 7.98. The number of carboxylic acid groups (broad SMARTS) is 1. The summed E-state index contributed by atoms with van der Waals surface area (Å²) >= 11 is 1.57. The normalized spacial score (nSPS) is 10.4. The molecule has 0 aliphatic rings. The van der Waals surface area contributed by atoms with Gasteiger partial charge >= 0.3 is 5.97 Å². The van der Waals surface area contributed by atoms with E-state index in [4.69, 9.17) is 9.52 Å². The Hall–Kier alpha value is -2.21. The third kappa shape index (κ3) is 4.13. The molecule has 0 unspecified atom stereocenters. The SMILES string of the molecule is CC(=O)Nc1ccc(SCc2cc(C(=O)O)oc2C)cc1. The van der Waals surface area contributed by atoms with Crippen molar-refractivity contribution < 1.29 is 19.1 Å². The molecule has 6 heteroatoms. The standard InChI is InChI=1S/C15H15NO4S/c1-9-11(7-14(20-9)15(18)19)8-21-13-5-3-12(4-6-13)16-10(2)17/h3-7H,8H2,1-2H3,(H,16,17)(H,18,19). The van der Waals surface area contributed by atoms with Gasteiger partial charge in [0.05, 0.1) is 0 Å². The number of nitrogens with one attached hydrogen (secondary N) is 1. The van der Waals surface area contributed by atoms with Crippen molar-refractivity contribution in [3.05, 3.63) is 47.4 Å². The largest absolute Gasteiger partial charge is 0.475 e. The average Bonchev–Trinajstić information content (AvgIpc) is 2.79. The summed E-state index contributed by atoms with van der Waals surface area (Å²) in [6.45, 7) is 3.21. The lowest BCUT2D eigenvalue weighted by molar-refractivity contribution is -0.114. The van der Waals surface area contributed by atoms with Crippen LogP contribution in [-0.2, 0) is 10.5 Å². The number of hydrogen-bond donors (Lipinski definition) is 2. The van der Waals surface area contributed by atoms with Crippen LogP contribution in [-0.4, -0.2) is 17.0 Å². The Bertz CT molecular complexity index is 661. The van der Waals surface area contributed by atoms with E-state index in [9.17, 15) is 9.59 Å². The molecule has 1 aromatic carbocycles. The van der Waals surface area contributed by atoms with Gasteiger partial charge < -0.3 is 14.8 Å². The summed E-state index contributed by atoms with van der Waals surface area (Å²) in [7, 11) is 0. The summed E-state index contributed by atoms with van der Waals surface area (Å²) in [6.07, 6.45) is 0. The molecule has 0 saturated heterocycles. The second-order valence-electron chi connectivity index (χ2n) is 4.49. The van der Waals surface area contributed by atoms with E-state index in [0.29, 0.717) is 11.5 Å². The van der Waals surface area contributed by atoms with Crippen molar-refractivity contribution in [1.82, 2.24) is 0 Å². The molecule has 0 bridgehead atoms. The van der Waals surface area contributed by atoms with Crippen LogP contribution < -0.4 is 5.32 Å². The van der Waals surface area contributed by atoms with Crippen LogP contribution in [0.5, 0.6) is 0 Å². The van der Waals surface area contributed by atoms with Crippen LogP contribution in [0.2, 0.25) is 0 Å². The Morgan fingerprint density at radius 1 is 1.29 bits per heavy atom. The fourth-order valence-corrected chi connectivity index (χ4v) is 2.70. The molecule has 1 heterocycles. The second kappa shape index (κ2) is 6.49. The van der Waals surface area contributed by atoms with E-state index >= 15 is 0 Å². The Morgan fingerprint density at radius 3 is 2.48 bits per heavy atom. The van der Waals surface area contributed by atoms with Crippen LogP contribution >= 0.6 is 11.8 Å². The molecule has 2 N–H and O–H groups in total. The van der Waals surface area contributed by atoms with E-state index in [1.54, 1.807) is 24.8 Å². The minimum atomic E-state index is -1.06. The summed E-state index contributed by atoms with van der Waals surface area (Å²) in [4.78, 5) is 22.8. The minimum absolute atomic E-state index is 0.0379. The number of anilines is 1. The molecule has 0 radical (unpaired) electrons. The molecule has 0 atom stereocenters.